The minimum absolute atomic E-state index is 0.279. The quantitative estimate of drug-likeness (QED) is 0.870. The van der Waals surface area contributed by atoms with E-state index in [0.29, 0.717) is 4.47 Å². The van der Waals surface area contributed by atoms with Crippen molar-refractivity contribution < 1.29 is 27.8 Å². The third kappa shape index (κ3) is 5.39. The van der Waals surface area contributed by atoms with Gasteiger partial charge in [0.2, 0.25) is 0 Å². The number of rotatable bonds is 3. The largest absolute Gasteiger partial charge is 0.573 e. The lowest BCUT2D eigenvalue weighted by Crippen LogP contribution is -2.17. The number of carbonyl (C=O) groups is 1. The number of benzene rings is 1. The Morgan fingerprint density at radius 2 is 2.00 bits per heavy atom. The van der Waals surface area contributed by atoms with Crippen LogP contribution in [0.3, 0.4) is 0 Å². The van der Waals surface area contributed by atoms with Crippen molar-refractivity contribution in [3.63, 3.8) is 0 Å². The van der Waals surface area contributed by atoms with Gasteiger partial charge < -0.3 is 9.84 Å². The Hall–Kier alpha value is -1.50. The maximum atomic E-state index is 12.0. The van der Waals surface area contributed by atoms with E-state index in [1.165, 1.54) is 6.07 Å². The highest BCUT2D eigenvalue weighted by Gasteiger charge is 2.31. The van der Waals surface area contributed by atoms with Crippen molar-refractivity contribution in [1.82, 2.24) is 0 Å². The molecule has 7 heteroatoms. The van der Waals surface area contributed by atoms with Gasteiger partial charge in [0.15, 0.2) is 0 Å². The Kier molecular flexibility index (Phi) is 4.17. The van der Waals surface area contributed by atoms with Crippen LogP contribution in [0.4, 0.5) is 13.2 Å². The Morgan fingerprint density at radius 1 is 1.35 bits per heavy atom. The Labute approximate surface area is 103 Å². The molecule has 0 saturated heterocycles. The summed E-state index contributed by atoms with van der Waals surface area (Å²) in [7, 11) is 0. The fraction of sp³-hybridized carbons (Fsp3) is 0.100. The van der Waals surface area contributed by atoms with Crippen LogP contribution in [0.25, 0.3) is 6.08 Å². The lowest BCUT2D eigenvalue weighted by Gasteiger charge is -2.09. The number of ether oxygens (including phenoxy) is 1. The molecule has 0 aromatic heterocycles. The van der Waals surface area contributed by atoms with Crippen LogP contribution in [0, 0.1) is 0 Å². The first-order chi connectivity index (χ1) is 7.76. The monoisotopic (exact) mass is 310 g/mol. The number of carboxylic acids is 1. The molecule has 1 aromatic rings. The first-order valence-electron chi connectivity index (χ1n) is 4.23. The average molecular weight is 311 g/mol. The molecule has 17 heavy (non-hydrogen) atoms. The molecule has 3 nitrogen and oxygen atoms in total. The third-order valence-corrected chi connectivity index (χ3v) is 2.00. The predicted octanol–water partition coefficient (Wildman–Crippen LogP) is 3.45. The summed E-state index contributed by atoms with van der Waals surface area (Å²) in [6, 6.07) is 3.67. The van der Waals surface area contributed by atoms with Crippen molar-refractivity contribution in [3.8, 4) is 5.75 Å². The molecule has 0 saturated carbocycles. The van der Waals surface area contributed by atoms with Crippen LogP contribution >= 0.6 is 15.9 Å². The molecule has 0 atom stereocenters. The molecule has 0 fully saturated rings. The summed E-state index contributed by atoms with van der Waals surface area (Å²) in [5.74, 6) is -1.61. The average Bonchev–Trinajstić information content (AvgIpc) is 2.10. The van der Waals surface area contributed by atoms with Gasteiger partial charge in [-0.25, -0.2) is 4.79 Å². The molecule has 0 radical (unpaired) electrons. The van der Waals surface area contributed by atoms with E-state index in [2.05, 4.69) is 20.7 Å². The van der Waals surface area contributed by atoms with E-state index in [1.54, 1.807) is 0 Å². The van der Waals surface area contributed by atoms with Gasteiger partial charge in [0, 0.05) is 10.5 Å². The number of carboxylic acid groups (broad SMARTS) is 1. The van der Waals surface area contributed by atoms with Gasteiger partial charge in [0.25, 0.3) is 0 Å². The van der Waals surface area contributed by atoms with Crippen molar-refractivity contribution in [1.29, 1.82) is 0 Å². The summed E-state index contributed by atoms with van der Waals surface area (Å²) in [6.07, 6.45) is -2.80. The van der Waals surface area contributed by atoms with Crippen molar-refractivity contribution >= 4 is 28.0 Å². The van der Waals surface area contributed by atoms with E-state index in [0.717, 1.165) is 24.3 Å². The summed E-state index contributed by atoms with van der Waals surface area (Å²) >= 11 is 3.00. The van der Waals surface area contributed by atoms with Crippen LogP contribution in [0.2, 0.25) is 0 Å². The number of halogens is 4. The predicted molar refractivity (Wildman–Crippen MR) is 57.5 cm³/mol. The van der Waals surface area contributed by atoms with E-state index in [9.17, 15) is 18.0 Å². The zero-order valence-corrected chi connectivity index (χ0v) is 9.75. The van der Waals surface area contributed by atoms with E-state index < -0.39 is 18.1 Å². The molecule has 0 heterocycles. The van der Waals surface area contributed by atoms with Gasteiger partial charge in [-0.05, 0) is 29.8 Å². The maximum Gasteiger partial charge on any atom is 0.573 e. The maximum absolute atomic E-state index is 12.0. The minimum atomic E-state index is -4.78. The molecular weight excluding hydrogens is 305 g/mol. The second-order valence-electron chi connectivity index (χ2n) is 2.94. The second-order valence-corrected chi connectivity index (χ2v) is 3.86. The normalized spacial score (nSPS) is 11.8. The summed E-state index contributed by atoms with van der Waals surface area (Å²) in [6.45, 7) is 0. The molecular formula is C10H6BrF3O3. The second kappa shape index (κ2) is 5.22. The fourth-order valence-electron chi connectivity index (χ4n) is 1.04. The fourth-order valence-corrected chi connectivity index (χ4v) is 1.53. The summed E-state index contributed by atoms with van der Waals surface area (Å²) < 4.78 is 40.0. The van der Waals surface area contributed by atoms with Crippen LogP contribution < -0.4 is 4.74 Å². The lowest BCUT2D eigenvalue weighted by atomic mass is 10.2. The summed E-state index contributed by atoms with van der Waals surface area (Å²) in [4.78, 5) is 10.3. The Morgan fingerprint density at radius 3 is 2.53 bits per heavy atom. The SMILES string of the molecule is O=C(O)C=Cc1cc(Br)cc(OC(F)(F)F)c1. The van der Waals surface area contributed by atoms with Gasteiger partial charge in [-0.3, -0.25) is 0 Å². The summed E-state index contributed by atoms with van der Waals surface area (Å²) in [5.41, 5.74) is 0.279. The smallest absolute Gasteiger partial charge is 0.478 e. The molecule has 0 unspecified atom stereocenters. The number of hydrogen-bond donors (Lipinski definition) is 1. The van der Waals surface area contributed by atoms with Gasteiger partial charge in [0.1, 0.15) is 5.75 Å². The van der Waals surface area contributed by atoms with Crippen LogP contribution in [0.15, 0.2) is 28.7 Å². The highest BCUT2D eigenvalue weighted by Crippen LogP contribution is 2.27. The van der Waals surface area contributed by atoms with Crippen molar-refractivity contribution in [2.75, 3.05) is 0 Å². The lowest BCUT2D eigenvalue weighted by molar-refractivity contribution is -0.274. The van der Waals surface area contributed by atoms with Gasteiger partial charge in [-0.15, -0.1) is 13.2 Å². The molecule has 1 N–H and O–H groups in total. The number of alkyl halides is 3. The van der Waals surface area contributed by atoms with Crippen LogP contribution in [-0.2, 0) is 4.79 Å². The van der Waals surface area contributed by atoms with Gasteiger partial charge >= 0.3 is 12.3 Å². The molecule has 1 aromatic carbocycles. The third-order valence-electron chi connectivity index (χ3n) is 1.55. The van der Waals surface area contributed by atoms with E-state index in [-0.39, 0.29) is 5.56 Å². The van der Waals surface area contributed by atoms with Gasteiger partial charge in [-0.1, -0.05) is 15.9 Å². The topological polar surface area (TPSA) is 46.5 Å². The van der Waals surface area contributed by atoms with Crippen molar-refractivity contribution in [3.05, 3.63) is 34.3 Å². The molecule has 0 amide bonds. The molecule has 0 bridgehead atoms. The van der Waals surface area contributed by atoms with Gasteiger partial charge in [-0.2, -0.15) is 0 Å². The Balaban J connectivity index is 2.98. The van der Waals surface area contributed by atoms with E-state index in [1.807, 2.05) is 0 Å². The summed E-state index contributed by atoms with van der Waals surface area (Å²) in [5, 5.41) is 8.39. The standard InChI is InChI=1S/C10H6BrF3O3/c11-7-3-6(1-2-9(15)16)4-8(5-7)17-10(12,13)14/h1-5H,(H,15,16). The molecule has 0 aliphatic heterocycles. The highest BCUT2D eigenvalue weighted by molar-refractivity contribution is 9.10. The van der Waals surface area contributed by atoms with E-state index >= 15 is 0 Å². The molecule has 1 rings (SSSR count). The molecule has 0 aliphatic carbocycles. The Bertz CT molecular complexity index is 455. The zero-order valence-electron chi connectivity index (χ0n) is 8.16. The van der Waals surface area contributed by atoms with Crippen molar-refractivity contribution in [2.24, 2.45) is 0 Å². The van der Waals surface area contributed by atoms with Crippen molar-refractivity contribution in [2.45, 2.75) is 6.36 Å². The minimum Gasteiger partial charge on any atom is -0.478 e. The first-order valence-corrected chi connectivity index (χ1v) is 5.03. The molecule has 0 spiro atoms. The van der Waals surface area contributed by atoms with Gasteiger partial charge in [0.05, 0.1) is 0 Å². The van der Waals surface area contributed by atoms with E-state index in [4.69, 9.17) is 5.11 Å². The van der Waals surface area contributed by atoms with Crippen LogP contribution in [0.1, 0.15) is 5.56 Å². The number of aliphatic carboxylic acids is 1. The first kappa shape index (κ1) is 13.6. The highest BCUT2D eigenvalue weighted by atomic mass is 79.9. The van der Waals surface area contributed by atoms with Crippen LogP contribution in [-0.4, -0.2) is 17.4 Å². The zero-order chi connectivity index (χ0) is 13.1. The molecule has 92 valence electrons. The van der Waals surface area contributed by atoms with Crippen LogP contribution in [0.5, 0.6) is 5.75 Å². The molecule has 0 aliphatic rings. The number of hydrogen-bond acceptors (Lipinski definition) is 2.